The highest BCUT2D eigenvalue weighted by atomic mass is 15.1. The van der Waals surface area contributed by atoms with E-state index < -0.39 is 0 Å². The third-order valence-electron chi connectivity index (χ3n) is 8.65. The van der Waals surface area contributed by atoms with Gasteiger partial charge in [-0.15, -0.1) is 0 Å². The predicted octanol–water partition coefficient (Wildman–Crippen LogP) is 10.0. The first-order valence-corrected chi connectivity index (χ1v) is 14.8. The van der Waals surface area contributed by atoms with Gasteiger partial charge in [0.15, 0.2) is 0 Å². The van der Waals surface area contributed by atoms with Gasteiger partial charge in [0.25, 0.3) is 0 Å². The van der Waals surface area contributed by atoms with Crippen LogP contribution in [0.1, 0.15) is 0 Å². The molecule has 0 radical (unpaired) electrons. The van der Waals surface area contributed by atoms with Gasteiger partial charge in [-0.25, -0.2) is 9.97 Å². The lowest BCUT2D eigenvalue weighted by atomic mass is 10.1. The first kappa shape index (κ1) is 24.6. The van der Waals surface area contributed by atoms with Gasteiger partial charge < -0.3 is 4.57 Å². The summed E-state index contributed by atoms with van der Waals surface area (Å²) in [5.74, 6) is 0.662. The Morgan fingerprint density at radius 1 is 0.341 bits per heavy atom. The average molecular weight is 563 g/mol. The molecule has 6 aromatic carbocycles. The Kier molecular flexibility index (Phi) is 5.47. The molecule has 3 aromatic heterocycles. The van der Waals surface area contributed by atoms with Gasteiger partial charge in [-0.2, -0.15) is 0 Å². The van der Waals surface area contributed by atoms with Crippen LogP contribution in [0.25, 0.3) is 77.5 Å². The summed E-state index contributed by atoms with van der Waals surface area (Å²) in [6.45, 7) is 0. The molecule has 0 aliphatic rings. The second kappa shape index (κ2) is 9.79. The van der Waals surface area contributed by atoms with Gasteiger partial charge in [0, 0.05) is 45.2 Å². The van der Waals surface area contributed by atoms with E-state index in [1.54, 1.807) is 0 Å². The van der Waals surface area contributed by atoms with Crippen LogP contribution in [0, 0.1) is 0 Å². The molecule has 0 saturated heterocycles. The Hall–Kier alpha value is -6.00. The van der Waals surface area contributed by atoms with Crippen molar-refractivity contribution in [1.82, 2.24) is 19.1 Å². The fourth-order valence-corrected chi connectivity index (χ4v) is 6.66. The van der Waals surface area contributed by atoms with Crippen LogP contribution < -0.4 is 0 Å². The van der Waals surface area contributed by atoms with Gasteiger partial charge in [0.1, 0.15) is 0 Å². The van der Waals surface area contributed by atoms with Crippen LogP contribution >= 0.6 is 0 Å². The van der Waals surface area contributed by atoms with Gasteiger partial charge in [0.2, 0.25) is 5.95 Å². The van der Waals surface area contributed by atoms with Crippen LogP contribution in [0.5, 0.6) is 0 Å². The average Bonchev–Trinajstić information content (AvgIpc) is 3.62. The van der Waals surface area contributed by atoms with E-state index in [1.165, 1.54) is 43.7 Å². The van der Waals surface area contributed by atoms with Crippen molar-refractivity contribution in [3.8, 4) is 33.9 Å². The molecule has 4 nitrogen and oxygen atoms in total. The SMILES string of the molecule is c1ccc(-c2ccc(-n3c4ccccc4c4c5c6ccccc6n(-c6ncc(-c7ccccc7)cn6)c5ccc43)cc2)cc1. The highest BCUT2D eigenvalue weighted by molar-refractivity contribution is 6.28. The Morgan fingerprint density at radius 3 is 1.39 bits per heavy atom. The molecule has 0 spiro atoms. The maximum atomic E-state index is 4.87. The normalized spacial score (nSPS) is 11.6. The molecular weight excluding hydrogens is 536 g/mol. The molecular formula is C40H26N4. The van der Waals surface area contributed by atoms with Crippen molar-refractivity contribution in [2.45, 2.75) is 0 Å². The highest BCUT2D eigenvalue weighted by Crippen LogP contribution is 2.42. The second-order valence-corrected chi connectivity index (χ2v) is 11.1. The van der Waals surface area contributed by atoms with Crippen molar-refractivity contribution in [2.24, 2.45) is 0 Å². The molecule has 206 valence electrons. The van der Waals surface area contributed by atoms with Gasteiger partial charge >= 0.3 is 0 Å². The number of fused-ring (bicyclic) bond motifs is 7. The number of para-hydroxylation sites is 2. The van der Waals surface area contributed by atoms with E-state index in [-0.39, 0.29) is 0 Å². The minimum atomic E-state index is 0.662. The topological polar surface area (TPSA) is 35.6 Å². The quantitative estimate of drug-likeness (QED) is 0.214. The maximum absolute atomic E-state index is 4.87. The number of nitrogens with zero attached hydrogens (tertiary/aromatic N) is 4. The molecule has 0 N–H and O–H groups in total. The zero-order valence-electron chi connectivity index (χ0n) is 23.8. The standard InChI is InChI=1S/C40H26N4/c1-3-11-27(12-4-1)29-19-21-31(22-20-29)43-34-17-9-7-15-32(34)38-36(43)23-24-37-39(38)33-16-8-10-18-35(33)44(37)40-41-25-30(26-42-40)28-13-5-2-6-14-28/h1-26H. The molecule has 0 amide bonds. The molecule has 9 rings (SSSR count). The van der Waals surface area contributed by atoms with Crippen molar-refractivity contribution in [3.63, 3.8) is 0 Å². The maximum Gasteiger partial charge on any atom is 0.234 e. The monoisotopic (exact) mass is 562 g/mol. The fourth-order valence-electron chi connectivity index (χ4n) is 6.66. The highest BCUT2D eigenvalue weighted by Gasteiger charge is 2.21. The Bertz CT molecular complexity index is 2280. The van der Waals surface area contributed by atoms with Crippen LogP contribution in [-0.4, -0.2) is 19.1 Å². The van der Waals surface area contributed by atoms with Gasteiger partial charge in [-0.3, -0.25) is 4.57 Å². The fraction of sp³-hybridized carbons (Fsp3) is 0. The van der Waals surface area contributed by atoms with Gasteiger partial charge in [0.05, 0.1) is 22.1 Å². The third-order valence-corrected chi connectivity index (χ3v) is 8.65. The van der Waals surface area contributed by atoms with Crippen molar-refractivity contribution in [2.75, 3.05) is 0 Å². The summed E-state index contributed by atoms with van der Waals surface area (Å²) < 4.78 is 4.58. The zero-order chi connectivity index (χ0) is 29.0. The predicted molar refractivity (Wildman–Crippen MR) is 182 cm³/mol. The van der Waals surface area contributed by atoms with E-state index in [2.05, 4.69) is 137 Å². The van der Waals surface area contributed by atoms with E-state index in [1.807, 2.05) is 30.6 Å². The summed E-state index contributed by atoms with van der Waals surface area (Å²) in [6, 6.07) is 51.4. The largest absolute Gasteiger partial charge is 0.309 e. The molecule has 0 aliphatic carbocycles. The van der Waals surface area contributed by atoms with Crippen LogP contribution in [0.15, 0.2) is 158 Å². The van der Waals surface area contributed by atoms with Crippen LogP contribution in [-0.2, 0) is 0 Å². The number of rotatable bonds is 4. The summed E-state index contributed by atoms with van der Waals surface area (Å²) in [7, 11) is 0. The Balaban J connectivity index is 1.29. The molecule has 0 bridgehead atoms. The lowest BCUT2D eigenvalue weighted by molar-refractivity contribution is 0.990. The minimum Gasteiger partial charge on any atom is -0.309 e. The van der Waals surface area contributed by atoms with Crippen LogP contribution in [0.3, 0.4) is 0 Å². The summed E-state index contributed by atoms with van der Waals surface area (Å²) in [5, 5.41) is 4.86. The Morgan fingerprint density at radius 2 is 0.795 bits per heavy atom. The lowest BCUT2D eigenvalue weighted by Gasteiger charge is -2.10. The molecule has 0 aliphatic heterocycles. The Labute approximate surface area is 254 Å². The van der Waals surface area contributed by atoms with Crippen molar-refractivity contribution >= 4 is 43.6 Å². The third kappa shape index (κ3) is 3.71. The molecule has 0 saturated carbocycles. The second-order valence-electron chi connectivity index (χ2n) is 11.1. The molecule has 3 heterocycles. The first-order chi connectivity index (χ1) is 21.8. The molecule has 0 fully saturated rings. The summed E-state index contributed by atoms with van der Waals surface area (Å²) in [6.07, 6.45) is 3.84. The number of benzene rings is 6. The molecule has 0 unspecified atom stereocenters. The summed E-state index contributed by atoms with van der Waals surface area (Å²) >= 11 is 0. The van der Waals surface area contributed by atoms with Crippen molar-refractivity contribution < 1.29 is 0 Å². The molecule has 4 heteroatoms. The summed E-state index contributed by atoms with van der Waals surface area (Å²) in [5.41, 5.74) is 10.2. The number of hydrogen-bond acceptors (Lipinski definition) is 2. The lowest BCUT2D eigenvalue weighted by Crippen LogP contribution is -2.00. The zero-order valence-corrected chi connectivity index (χ0v) is 23.8. The van der Waals surface area contributed by atoms with E-state index >= 15 is 0 Å². The van der Waals surface area contributed by atoms with E-state index in [0.717, 1.165) is 27.8 Å². The molecule has 44 heavy (non-hydrogen) atoms. The van der Waals surface area contributed by atoms with E-state index in [4.69, 9.17) is 9.97 Å². The number of hydrogen-bond donors (Lipinski definition) is 0. The van der Waals surface area contributed by atoms with Crippen LogP contribution in [0.2, 0.25) is 0 Å². The minimum absolute atomic E-state index is 0.662. The smallest absolute Gasteiger partial charge is 0.234 e. The molecule has 0 atom stereocenters. The summed E-state index contributed by atoms with van der Waals surface area (Å²) in [4.78, 5) is 9.75. The number of aromatic nitrogens is 4. The van der Waals surface area contributed by atoms with Gasteiger partial charge in [-0.05, 0) is 53.1 Å². The van der Waals surface area contributed by atoms with Gasteiger partial charge in [-0.1, -0.05) is 109 Å². The van der Waals surface area contributed by atoms with Crippen molar-refractivity contribution in [1.29, 1.82) is 0 Å². The van der Waals surface area contributed by atoms with Crippen molar-refractivity contribution in [3.05, 3.63) is 158 Å². The van der Waals surface area contributed by atoms with E-state index in [9.17, 15) is 0 Å². The molecule has 9 aromatic rings. The van der Waals surface area contributed by atoms with E-state index in [0.29, 0.717) is 5.95 Å². The van der Waals surface area contributed by atoms with Crippen LogP contribution in [0.4, 0.5) is 0 Å². The first-order valence-electron chi connectivity index (χ1n) is 14.8.